The Bertz CT molecular complexity index is 1190. The van der Waals surface area contributed by atoms with Gasteiger partial charge in [-0.05, 0) is 35.0 Å². The summed E-state index contributed by atoms with van der Waals surface area (Å²) in [7, 11) is 3.52. The number of hydrogen-bond acceptors (Lipinski definition) is 5. The van der Waals surface area contributed by atoms with E-state index in [1.54, 1.807) is 7.11 Å². The molecule has 0 radical (unpaired) electrons. The third-order valence-electron chi connectivity index (χ3n) is 5.21. The Balaban J connectivity index is 1.49. The number of carbonyl (C=O) groups excluding carboxylic acids is 2. The lowest BCUT2D eigenvalue weighted by Gasteiger charge is -2.20. The first-order valence-corrected chi connectivity index (χ1v) is 9.40. The lowest BCUT2D eigenvalue weighted by Crippen LogP contribution is -3.09. The van der Waals surface area contributed by atoms with Crippen LogP contribution in [-0.4, -0.2) is 42.5 Å². The van der Waals surface area contributed by atoms with Crippen molar-refractivity contribution in [1.29, 1.82) is 0 Å². The average molecular weight is 406 g/mol. The number of amides is 2. The van der Waals surface area contributed by atoms with Crippen LogP contribution in [0.15, 0.2) is 54.6 Å². The van der Waals surface area contributed by atoms with Crippen LogP contribution in [0.25, 0.3) is 10.8 Å². The molecule has 1 heterocycles. The van der Waals surface area contributed by atoms with Gasteiger partial charge in [0, 0.05) is 17.7 Å². The number of methoxy groups -OCH3 is 1. The molecule has 4 rings (SSSR count). The van der Waals surface area contributed by atoms with Gasteiger partial charge in [-0.15, -0.1) is 0 Å². The van der Waals surface area contributed by atoms with Gasteiger partial charge in [-0.2, -0.15) is 0 Å². The zero-order valence-electron chi connectivity index (χ0n) is 16.5. The van der Waals surface area contributed by atoms with Gasteiger partial charge in [-0.25, -0.2) is 4.90 Å². The summed E-state index contributed by atoms with van der Waals surface area (Å²) in [5, 5.41) is 13.1. The molecule has 0 fully saturated rings. The van der Waals surface area contributed by atoms with Gasteiger partial charge in [0.2, 0.25) is 0 Å². The van der Waals surface area contributed by atoms with Gasteiger partial charge in [0.05, 0.1) is 30.2 Å². The maximum atomic E-state index is 12.7. The van der Waals surface area contributed by atoms with Crippen LogP contribution >= 0.6 is 0 Å². The fourth-order valence-corrected chi connectivity index (χ4v) is 3.72. The number of carbonyl (C=O) groups is 2. The first-order chi connectivity index (χ1) is 14.4. The van der Waals surface area contributed by atoms with Crippen molar-refractivity contribution in [1.82, 2.24) is 4.90 Å². The lowest BCUT2D eigenvalue weighted by atomic mass is 10.1. The number of nitro benzene ring substituents is 1. The van der Waals surface area contributed by atoms with Crippen molar-refractivity contribution in [2.24, 2.45) is 0 Å². The van der Waals surface area contributed by atoms with E-state index in [0.717, 1.165) is 31.9 Å². The second-order valence-corrected chi connectivity index (χ2v) is 7.36. The third-order valence-corrected chi connectivity index (χ3v) is 5.21. The van der Waals surface area contributed by atoms with Gasteiger partial charge in [0.25, 0.3) is 17.5 Å². The van der Waals surface area contributed by atoms with E-state index in [1.165, 1.54) is 18.2 Å². The predicted octanol–water partition coefficient (Wildman–Crippen LogP) is 2.02. The SMILES string of the molecule is COc1ccc2cc(C[NH+](C)CN3C(=O)c4ccc([N+](=O)[O-])cc4C3=O)ccc2c1. The summed E-state index contributed by atoms with van der Waals surface area (Å²) in [6, 6.07) is 15.7. The second-order valence-electron chi connectivity index (χ2n) is 7.36. The number of non-ortho nitro benzene ring substituents is 1. The van der Waals surface area contributed by atoms with Crippen LogP contribution in [0.5, 0.6) is 5.75 Å². The fraction of sp³-hybridized carbons (Fsp3) is 0.182. The van der Waals surface area contributed by atoms with Gasteiger partial charge < -0.3 is 9.64 Å². The fourth-order valence-electron chi connectivity index (χ4n) is 3.72. The van der Waals surface area contributed by atoms with Crippen molar-refractivity contribution in [3.05, 3.63) is 81.4 Å². The molecule has 3 aromatic rings. The number of nitrogens with one attached hydrogen (secondary N) is 1. The van der Waals surface area contributed by atoms with Gasteiger partial charge in [-0.1, -0.05) is 18.2 Å². The Morgan fingerprint density at radius 2 is 1.67 bits per heavy atom. The molecule has 1 unspecified atom stereocenters. The maximum absolute atomic E-state index is 12.7. The van der Waals surface area contributed by atoms with E-state index < -0.39 is 16.7 Å². The summed E-state index contributed by atoms with van der Waals surface area (Å²) in [6.45, 7) is 0.774. The Hall–Kier alpha value is -3.78. The van der Waals surface area contributed by atoms with Crippen LogP contribution in [0.1, 0.15) is 26.3 Å². The van der Waals surface area contributed by atoms with Crippen LogP contribution in [0.4, 0.5) is 5.69 Å². The molecule has 0 aromatic heterocycles. The predicted molar refractivity (Wildman–Crippen MR) is 110 cm³/mol. The lowest BCUT2D eigenvalue weighted by molar-refractivity contribution is -0.901. The summed E-state index contributed by atoms with van der Waals surface area (Å²) >= 11 is 0. The highest BCUT2D eigenvalue weighted by Gasteiger charge is 2.38. The Kier molecular flexibility index (Phi) is 4.93. The van der Waals surface area contributed by atoms with Crippen LogP contribution in [0, 0.1) is 10.1 Å². The normalized spacial score (nSPS) is 14.1. The molecule has 1 aliphatic rings. The minimum atomic E-state index is -0.576. The molecule has 1 atom stereocenters. The molecule has 0 bridgehead atoms. The highest BCUT2D eigenvalue weighted by Crippen LogP contribution is 2.26. The van der Waals surface area contributed by atoms with Gasteiger partial charge in [0.1, 0.15) is 12.3 Å². The largest absolute Gasteiger partial charge is 0.497 e. The molecule has 1 N–H and O–H groups in total. The van der Waals surface area contributed by atoms with Gasteiger partial charge in [-0.3, -0.25) is 19.7 Å². The van der Waals surface area contributed by atoms with Crippen molar-refractivity contribution in [2.75, 3.05) is 20.8 Å². The van der Waals surface area contributed by atoms with E-state index in [1.807, 2.05) is 37.4 Å². The maximum Gasteiger partial charge on any atom is 0.270 e. The van der Waals surface area contributed by atoms with Crippen molar-refractivity contribution >= 4 is 28.3 Å². The van der Waals surface area contributed by atoms with E-state index in [0.29, 0.717) is 6.54 Å². The molecule has 0 spiro atoms. The highest BCUT2D eigenvalue weighted by molar-refractivity contribution is 6.21. The summed E-state index contributed by atoms with van der Waals surface area (Å²) < 4.78 is 5.25. The number of imide groups is 1. The van der Waals surface area contributed by atoms with E-state index >= 15 is 0 Å². The van der Waals surface area contributed by atoms with Crippen molar-refractivity contribution in [2.45, 2.75) is 6.54 Å². The highest BCUT2D eigenvalue weighted by atomic mass is 16.6. The zero-order valence-corrected chi connectivity index (χ0v) is 16.5. The number of ether oxygens (including phenoxy) is 1. The quantitative estimate of drug-likeness (QED) is 0.384. The van der Waals surface area contributed by atoms with Crippen molar-refractivity contribution < 1.29 is 24.1 Å². The van der Waals surface area contributed by atoms with Crippen LogP contribution in [0.2, 0.25) is 0 Å². The smallest absolute Gasteiger partial charge is 0.270 e. The first-order valence-electron chi connectivity index (χ1n) is 9.40. The molecule has 3 aromatic carbocycles. The van der Waals surface area contributed by atoms with Crippen molar-refractivity contribution in [3.8, 4) is 5.75 Å². The Morgan fingerprint density at radius 1 is 0.967 bits per heavy atom. The summed E-state index contributed by atoms with van der Waals surface area (Å²) in [6.07, 6.45) is 0. The molecule has 1 aliphatic heterocycles. The second kappa shape index (κ2) is 7.57. The van der Waals surface area contributed by atoms with Crippen molar-refractivity contribution in [3.63, 3.8) is 0 Å². The van der Waals surface area contributed by atoms with E-state index in [4.69, 9.17) is 4.74 Å². The first kappa shape index (κ1) is 19.5. The molecular formula is C22H20N3O5+. The molecule has 8 heteroatoms. The molecule has 0 aliphatic carbocycles. The van der Waals surface area contributed by atoms with Gasteiger partial charge >= 0.3 is 0 Å². The zero-order chi connectivity index (χ0) is 21.4. The van der Waals surface area contributed by atoms with Crippen LogP contribution in [0.3, 0.4) is 0 Å². The number of nitro groups is 1. The monoisotopic (exact) mass is 406 g/mol. The topological polar surface area (TPSA) is 94.2 Å². The number of hydrogen-bond donors (Lipinski definition) is 1. The summed E-state index contributed by atoms with van der Waals surface area (Å²) in [4.78, 5) is 37.8. The average Bonchev–Trinajstić information content (AvgIpc) is 2.97. The van der Waals surface area contributed by atoms with Crippen LogP contribution < -0.4 is 9.64 Å². The van der Waals surface area contributed by atoms with Gasteiger partial charge in [0.15, 0.2) is 6.67 Å². The van der Waals surface area contributed by atoms with E-state index in [2.05, 4.69) is 6.07 Å². The summed E-state index contributed by atoms with van der Waals surface area (Å²) in [5.41, 5.74) is 1.15. The molecule has 8 nitrogen and oxygen atoms in total. The Morgan fingerprint density at radius 3 is 2.40 bits per heavy atom. The molecule has 30 heavy (non-hydrogen) atoms. The molecular weight excluding hydrogens is 386 g/mol. The summed E-state index contributed by atoms with van der Waals surface area (Å²) in [5.74, 6) is -0.123. The number of quaternary nitrogens is 1. The number of fused-ring (bicyclic) bond motifs is 2. The van der Waals surface area contributed by atoms with E-state index in [9.17, 15) is 19.7 Å². The minimum Gasteiger partial charge on any atom is -0.497 e. The Labute approximate surface area is 172 Å². The minimum absolute atomic E-state index is 0.0849. The molecule has 0 saturated carbocycles. The number of rotatable bonds is 6. The number of nitrogens with zero attached hydrogens (tertiary/aromatic N) is 2. The standard InChI is InChI=1S/C22H19N3O5/c1-23(12-14-3-4-16-10-18(30-2)7-5-15(16)9-14)13-24-21(26)19-8-6-17(25(28)29)11-20(19)22(24)27/h3-11H,12-13H2,1-2H3/p+1. The van der Waals surface area contributed by atoms with Crippen LogP contribution in [-0.2, 0) is 6.54 Å². The third kappa shape index (κ3) is 3.48. The van der Waals surface area contributed by atoms with E-state index in [-0.39, 0.29) is 23.5 Å². The molecule has 152 valence electrons. The molecule has 2 amide bonds. The number of benzene rings is 3. The molecule has 0 saturated heterocycles.